The zero-order chi connectivity index (χ0) is 10.7. The van der Waals surface area contributed by atoms with Crippen LogP contribution >= 0.6 is 0 Å². The highest BCUT2D eigenvalue weighted by Gasteiger charge is 2.22. The molecule has 1 fully saturated rings. The van der Waals surface area contributed by atoms with Gasteiger partial charge in [-0.25, -0.2) is 4.98 Å². The molecule has 1 atom stereocenters. The third-order valence-electron chi connectivity index (χ3n) is 3.68. The molecule has 0 radical (unpaired) electrons. The zero-order valence-corrected chi connectivity index (χ0v) is 9.39. The Labute approximate surface area is 91.1 Å². The molecule has 1 saturated carbocycles. The first-order valence-electron chi connectivity index (χ1n) is 5.94. The van der Waals surface area contributed by atoms with Gasteiger partial charge in [-0.2, -0.15) is 0 Å². The first-order valence-corrected chi connectivity index (χ1v) is 5.94. The summed E-state index contributed by atoms with van der Waals surface area (Å²) in [5, 5.41) is 9.19. The first kappa shape index (κ1) is 10.7. The normalized spacial score (nSPS) is 20.4. The Morgan fingerprint density at radius 2 is 2.20 bits per heavy atom. The summed E-state index contributed by atoms with van der Waals surface area (Å²) in [6.45, 7) is 2.34. The maximum absolute atomic E-state index is 9.19. The van der Waals surface area contributed by atoms with Gasteiger partial charge in [-0.05, 0) is 25.7 Å². The van der Waals surface area contributed by atoms with Crippen LogP contribution in [0.2, 0.25) is 0 Å². The van der Waals surface area contributed by atoms with E-state index in [0.717, 1.165) is 11.6 Å². The van der Waals surface area contributed by atoms with Gasteiger partial charge < -0.3 is 9.67 Å². The van der Waals surface area contributed by atoms with Gasteiger partial charge in [-0.3, -0.25) is 0 Å². The standard InChI is InChI=1S/C12H20N2O/c1-10(11-5-3-2-4-6-11)14-9-13-7-12(14)8-15/h7,9-11,15H,2-6,8H2,1H3. The Balaban J connectivity index is 2.08. The van der Waals surface area contributed by atoms with Gasteiger partial charge >= 0.3 is 0 Å². The number of aliphatic hydroxyl groups excluding tert-OH is 1. The molecular weight excluding hydrogens is 188 g/mol. The van der Waals surface area contributed by atoms with E-state index in [1.54, 1.807) is 6.20 Å². The van der Waals surface area contributed by atoms with E-state index < -0.39 is 0 Å². The molecule has 0 spiro atoms. The van der Waals surface area contributed by atoms with Crippen molar-refractivity contribution in [1.29, 1.82) is 0 Å². The maximum Gasteiger partial charge on any atom is 0.0951 e. The number of hydrogen-bond acceptors (Lipinski definition) is 2. The van der Waals surface area contributed by atoms with Crippen LogP contribution in [0.3, 0.4) is 0 Å². The van der Waals surface area contributed by atoms with E-state index >= 15 is 0 Å². The van der Waals surface area contributed by atoms with Gasteiger partial charge in [0.1, 0.15) is 0 Å². The van der Waals surface area contributed by atoms with E-state index in [1.165, 1.54) is 32.1 Å². The van der Waals surface area contributed by atoms with E-state index in [2.05, 4.69) is 16.5 Å². The van der Waals surface area contributed by atoms with Gasteiger partial charge in [0.15, 0.2) is 0 Å². The van der Waals surface area contributed by atoms with E-state index in [-0.39, 0.29) is 6.61 Å². The summed E-state index contributed by atoms with van der Waals surface area (Å²) in [6.07, 6.45) is 10.4. The van der Waals surface area contributed by atoms with Crippen LogP contribution in [0.4, 0.5) is 0 Å². The minimum atomic E-state index is 0.0943. The van der Waals surface area contributed by atoms with Gasteiger partial charge in [0, 0.05) is 6.04 Å². The fourth-order valence-electron chi connectivity index (χ4n) is 2.66. The Hall–Kier alpha value is -0.830. The Kier molecular flexibility index (Phi) is 3.41. The number of rotatable bonds is 3. The summed E-state index contributed by atoms with van der Waals surface area (Å²) < 4.78 is 2.13. The van der Waals surface area contributed by atoms with Crippen LogP contribution in [0.1, 0.15) is 50.8 Å². The number of aliphatic hydroxyl groups is 1. The number of hydrogen-bond donors (Lipinski definition) is 1. The average molecular weight is 208 g/mol. The quantitative estimate of drug-likeness (QED) is 0.828. The van der Waals surface area contributed by atoms with Crippen LogP contribution < -0.4 is 0 Å². The average Bonchev–Trinajstić information content (AvgIpc) is 2.77. The van der Waals surface area contributed by atoms with Crippen LogP contribution in [0.25, 0.3) is 0 Å². The molecule has 3 heteroatoms. The molecule has 1 aromatic heterocycles. The van der Waals surface area contributed by atoms with Crippen LogP contribution in [0.5, 0.6) is 0 Å². The van der Waals surface area contributed by atoms with E-state index in [4.69, 9.17) is 0 Å². The van der Waals surface area contributed by atoms with Crippen LogP contribution in [-0.4, -0.2) is 14.7 Å². The second-order valence-corrected chi connectivity index (χ2v) is 4.59. The monoisotopic (exact) mass is 208 g/mol. The second-order valence-electron chi connectivity index (χ2n) is 4.59. The molecule has 1 heterocycles. The molecule has 1 aliphatic carbocycles. The molecule has 3 nitrogen and oxygen atoms in total. The fraction of sp³-hybridized carbons (Fsp3) is 0.750. The molecule has 2 rings (SSSR count). The summed E-state index contributed by atoms with van der Waals surface area (Å²) >= 11 is 0. The lowest BCUT2D eigenvalue weighted by atomic mass is 9.84. The zero-order valence-electron chi connectivity index (χ0n) is 9.39. The molecule has 0 aliphatic heterocycles. The van der Waals surface area contributed by atoms with Gasteiger partial charge in [0.25, 0.3) is 0 Å². The number of imidazole rings is 1. The first-order chi connectivity index (χ1) is 7.33. The summed E-state index contributed by atoms with van der Waals surface area (Å²) in [5.74, 6) is 0.762. The summed E-state index contributed by atoms with van der Waals surface area (Å²) in [7, 11) is 0. The fourth-order valence-corrected chi connectivity index (χ4v) is 2.66. The van der Waals surface area contributed by atoms with Crippen molar-refractivity contribution in [2.45, 2.75) is 51.7 Å². The minimum Gasteiger partial charge on any atom is -0.390 e. The largest absolute Gasteiger partial charge is 0.390 e. The molecule has 1 N–H and O–H groups in total. The Morgan fingerprint density at radius 1 is 1.47 bits per heavy atom. The van der Waals surface area contributed by atoms with Crippen molar-refractivity contribution < 1.29 is 5.11 Å². The third kappa shape index (κ3) is 2.23. The highest BCUT2D eigenvalue weighted by atomic mass is 16.3. The molecule has 1 unspecified atom stereocenters. The molecule has 0 amide bonds. The molecule has 0 aromatic carbocycles. The number of aromatic nitrogens is 2. The molecular formula is C12H20N2O. The lowest BCUT2D eigenvalue weighted by Gasteiger charge is -2.29. The highest BCUT2D eigenvalue weighted by Crippen LogP contribution is 2.33. The van der Waals surface area contributed by atoms with Crippen molar-refractivity contribution in [2.24, 2.45) is 5.92 Å². The summed E-state index contributed by atoms with van der Waals surface area (Å²) in [5.41, 5.74) is 0.938. The minimum absolute atomic E-state index is 0.0943. The van der Waals surface area contributed by atoms with Crippen molar-refractivity contribution in [3.8, 4) is 0 Å². The molecule has 1 aromatic rings. The van der Waals surface area contributed by atoms with Crippen molar-refractivity contribution in [3.05, 3.63) is 18.2 Å². The van der Waals surface area contributed by atoms with Crippen molar-refractivity contribution >= 4 is 0 Å². The van der Waals surface area contributed by atoms with Gasteiger partial charge in [-0.1, -0.05) is 19.3 Å². The van der Waals surface area contributed by atoms with E-state index in [9.17, 15) is 5.11 Å². The van der Waals surface area contributed by atoms with Gasteiger partial charge in [0.2, 0.25) is 0 Å². The third-order valence-corrected chi connectivity index (χ3v) is 3.68. The smallest absolute Gasteiger partial charge is 0.0951 e. The van der Waals surface area contributed by atoms with Crippen molar-refractivity contribution in [2.75, 3.05) is 0 Å². The maximum atomic E-state index is 9.19. The topological polar surface area (TPSA) is 38.0 Å². The number of nitrogens with zero attached hydrogens (tertiary/aromatic N) is 2. The van der Waals surface area contributed by atoms with Crippen LogP contribution in [0.15, 0.2) is 12.5 Å². The van der Waals surface area contributed by atoms with Crippen molar-refractivity contribution in [3.63, 3.8) is 0 Å². The SMILES string of the molecule is CC(C1CCCCC1)n1cncc1CO. The summed E-state index contributed by atoms with van der Waals surface area (Å²) in [6, 6.07) is 0.481. The van der Waals surface area contributed by atoms with Crippen molar-refractivity contribution in [1.82, 2.24) is 9.55 Å². The second kappa shape index (κ2) is 4.79. The lowest BCUT2D eigenvalue weighted by molar-refractivity contribution is 0.234. The molecule has 84 valence electrons. The summed E-state index contributed by atoms with van der Waals surface area (Å²) in [4.78, 5) is 4.11. The van der Waals surface area contributed by atoms with Crippen LogP contribution in [0, 0.1) is 5.92 Å². The van der Waals surface area contributed by atoms with E-state index in [0.29, 0.717) is 6.04 Å². The van der Waals surface area contributed by atoms with Gasteiger partial charge in [-0.15, -0.1) is 0 Å². The predicted octanol–water partition coefficient (Wildman–Crippen LogP) is 2.52. The molecule has 0 bridgehead atoms. The predicted molar refractivity (Wildman–Crippen MR) is 59.4 cm³/mol. The lowest BCUT2D eigenvalue weighted by Crippen LogP contribution is -2.20. The molecule has 15 heavy (non-hydrogen) atoms. The van der Waals surface area contributed by atoms with E-state index in [1.807, 2.05) is 6.33 Å². The Bertz CT molecular complexity index is 302. The molecule has 1 aliphatic rings. The Morgan fingerprint density at radius 3 is 2.87 bits per heavy atom. The van der Waals surface area contributed by atoms with Gasteiger partial charge in [0.05, 0.1) is 24.8 Å². The van der Waals surface area contributed by atoms with Crippen LogP contribution in [-0.2, 0) is 6.61 Å². The molecule has 0 saturated heterocycles. The highest BCUT2D eigenvalue weighted by molar-refractivity contribution is 4.99.